The van der Waals surface area contributed by atoms with E-state index in [1.165, 1.54) is 0 Å². The number of para-hydroxylation sites is 2. The van der Waals surface area contributed by atoms with Gasteiger partial charge in [0.05, 0.1) is 6.54 Å². The molecular weight excluding hydrogens is 284 g/mol. The highest BCUT2D eigenvalue weighted by Crippen LogP contribution is 2.34. The van der Waals surface area contributed by atoms with Crippen LogP contribution in [0.3, 0.4) is 0 Å². The molecule has 0 radical (unpaired) electrons. The number of carbonyl (C=O) groups excluding carboxylic acids is 1. The number of benzene rings is 2. The fraction of sp³-hybridized carbons (Fsp3) is 0.0500. The molecule has 0 spiro atoms. The maximum absolute atomic E-state index is 12.3. The Morgan fingerprint density at radius 2 is 1.91 bits per heavy atom. The molecule has 4 rings (SSSR count). The molecule has 110 valence electrons. The third-order valence-electron chi connectivity index (χ3n) is 4.09. The topological polar surface area (TPSA) is 34.0 Å². The van der Waals surface area contributed by atoms with Crippen LogP contribution in [0.5, 0.6) is 0 Å². The average molecular weight is 298 g/mol. The molecule has 0 bridgehead atoms. The van der Waals surface area contributed by atoms with Crippen molar-refractivity contribution in [3.63, 3.8) is 0 Å². The Balaban J connectivity index is 1.91. The van der Waals surface area contributed by atoms with Gasteiger partial charge >= 0.3 is 0 Å². The minimum atomic E-state index is -0.0695. The summed E-state index contributed by atoms with van der Waals surface area (Å²) in [7, 11) is 0. The molecule has 2 aromatic carbocycles. The lowest BCUT2D eigenvalue weighted by Crippen LogP contribution is -2.03. The molecule has 1 aromatic heterocycles. The van der Waals surface area contributed by atoms with Crippen LogP contribution < -0.4 is 5.32 Å². The number of amides is 1. The molecule has 0 unspecified atom stereocenters. The lowest BCUT2D eigenvalue weighted by atomic mass is 10.0. The highest BCUT2D eigenvalue weighted by Gasteiger charge is 2.23. The Morgan fingerprint density at radius 1 is 1.13 bits per heavy atom. The van der Waals surface area contributed by atoms with E-state index in [1.54, 1.807) is 0 Å². The van der Waals surface area contributed by atoms with Crippen molar-refractivity contribution in [3.8, 4) is 12.3 Å². The highest BCUT2D eigenvalue weighted by atomic mass is 16.2. The Kier molecular flexibility index (Phi) is 3.03. The molecule has 2 heterocycles. The van der Waals surface area contributed by atoms with Crippen molar-refractivity contribution in [1.82, 2.24) is 4.57 Å². The van der Waals surface area contributed by atoms with E-state index >= 15 is 0 Å². The molecule has 3 heteroatoms. The molecule has 1 aliphatic rings. The van der Waals surface area contributed by atoms with Crippen molar-refractivity contribution in [2.75, 3.05) is 5.32 Å². The number of hydrogen-bond acceptors (Lipinski definition) is 1. The number of nitrogens with one attached hydrogen (secondary N) is 1. The summed E-state index contributed by atoms with van der Waals surface area (Å²) in [6.07, 6.45) is 9.41. The van der Waals surface area contributed by atoms with Gasteiger partial charge in [-0.1, -0.05) is 42.3 Å². The Morgan fingerprint density at radius 3 is 2.78 bits per heavy atom. The van der Waals surface area contributed by atoms with Crippen molar-refractivity contribution in [1.29, 1.82) is 0 Å². The molecule has 0 fully saturated rings. The van der Waals surface area contributed by atoms with Crippen LogP contribution in [0.25, 0.3) is 22.6 Å². The largest absolute Gasteiger partial charge is 0.335 e. The minimum absolute atomic E-state index is 0.0695. The lowest BCUT2D eigenvalue weighted by Gasteiger charge is -1.97. The molecule has 1 amide bonds. The highest BCUT2D eigenvalue weighted by molar-refractivity contribution is 6.35. The number of terminal acetylenes is 1. The first-order valence-corrected chi connectivity index (χ1v) is 7.42. The predicted octanol–water partition coefficient (Wildman–Crippen LogP) is 3.77. The molecule has 3 nitrogen and oxygen atoms in total. The molecule has 0 atom stereocenters. The summed E-state index contributed by atoms with van der Waals surface area (Å²) in [5, 5.41) is 3.99. The van der Waals surface area contributed by atoms with Gasteiger partial charge in [0.15, 0.2) is 0 Å². The zero-order valence-electron chi connectivity index (χ0n) is 12.4. The number of nitrogens with zero attached hydrogens (tertiary/aromatic N) is 1. The van der Waals surface area contributed by atoms with Crippen LogP contribution in [-0.4, -0.2) is 10.5 Å². The van der Waals surface area contributed by atoms with Gasteiger partial charge in [0, 0.05) is 39.5 Å². The van der Waals surface area contributed by atoms with Gasteiger partial charge in [-0.15, -0.1) is 6.42 Å². The van der Waals surface area contributed by atoms with Crippen LogP contribution in [0.15, 0.2) is 54.7 Å². The molecule has 3 aromatic rings. The standard InChI is InChI=1S/C20H14N2O/c1-2-11-22-13-14(15-7-4-6-10-19(15)22)12-17-16-8-3-5-9-18(16)21-20(17)23/h1,3-10,12-13H,11H2,(H,21,23). The zero-order chi connectivity index (χ0) is 15.8. The van der Waals surface area contributed by atoms with Crippen molar-refractivity contribution >= 4 is 34.1 Å². The summed E-state index contributed by atoms with van der Waals surface area (Å²) < 4.78 is 2.03. The number of anilines is 1. The fourth-order valence-electron chi connectivity index (χ4n) is 3.06. The van der Waals surface area contributed by atoms with E-state index in [-0.39, 0.29) is 5.91 Å². The van der Waals surface area contributed by atoms with Gasteiger partial charge in [0.2, 0.25) is 0 Å². The zero-order valence-corrected chi connectivity index (χ0v) is 12.4. The summed E-state index contributed by atoms with van der Waals surface area (Å²) >= 11 is 0. The maximum atomic E-state index is 12.3. The normalized spacial score (nSPS) is 14.7. The molecule has 0 saturated carbocycles. The lowest BCUT2D eigenvalue weighted by molar-refractivity contribution is -0.110. The van der Waals surface area contributed by atoms with Crippen LogP contribution in [0, 0.1) is 12.3 Å². The van der Waals surface area contributed by atoms with Crippen molar-refractivity contribution in [2.45, 2.75) is 6.54 Å². The number of rotatable bonds is 2. The number of aromatic nitrogens is 1. The number of hydrogen-bond donors (Lipinski definition) is 1. The second-order valence-electron chi connectivity index (χ2n) is 5.49. The molecule has 1 aliphatic heterocycles. The first-order valence-electron chi connectivity index (χ1n) is 7.42. The van der Waals surface area contributed by atoms with Crippen molar-refractivity contribution in [2.24, 2.45) is 0 Å². The number of carbonyl (C=O) groups is 1. The first kappa shape index (κ1) is 13.4. The molecule has 0 saturated heterocycles. The fourth-order valence-corrected chi connectivity index (χ4v) is 3.06. The van der Waals surface area contributed by atoms with Crippen LogP contribution in [-0.2, 0) is 11.3 Å². The molecular formula is C20H14N2O. The predicted molar refractivity (Wildman–Crippen MR) is 93.7 cm³/mol. The van der Waals surface area contributed by atoms with E-state index < -0.39 is 0 Å². The van der Waals surface area contributed by atoms with Gasteiger partial charge in [-0.25, -0.2) is 0 Å². The van der Waals surface area contributed by atoms with E-state index in [2.05, 4.69) is 11.2 Å². The van der Waals surface area contributed by atoms with Crippen molar-refractivity contribution < 1.29 is 4.79 Å². The summed E-state index contributed by atoms with van der Waals surface area (Å²) in [5.41, 5.74) is 4.55. The first-order chi connectivity index (χ1) is 11.3. The second kappa shape index (κ2) is 5.19. The summed E-state index contributed by atoms with van der Waals surface area (Å²) in [6.45, 7) is 0.506. The van der Waals surface area contributed by atoms with Crippen LogP contribution in [0.4, 0.5) is 5.69 Å². The summed E-state index contributed by atoms with van der Waals surface area (Å²) in [5.74, 6) is 2.60. The van der Waals surface area contributed by atoms with Gasteiger partial charge in [0.1, 0.15) is 0 Å². The Hall–Kier alpha value is -3.25. The van der Waals surface area contributed by atoms with Gasteiger partial charge in [0.25, 0.3) is 5.91 Å². The average Bonchev–Trinajstić information content (AvgIpc) is 3.07. The van der Waals surface area contributed by atoms with Gasteiger partial charge in [-0.05, 0) is 18.2 Å². The summed E-state index contributed by atoms with van der Waals surface area (Å²) in [6, 6.07) is 15.8. The molecule has 0 aliphatic carbocycles. The molecule has 23 heavy (non-hydrogen) atoms. The van der Waals surface area contributed by atoms with Crippen LogP contribution in [0.2, 0.25) is 0 Å². The number of fused-ring (bicyclic) bond motifs is 2. The Labute approximate surface area is 134 Å². The third-order valence-corrected chi connectivity index (χ3v) is 4.09. The molecule has 1 N–H and O–H groups in total. The van der Waals surface area contributed by atoms with Gasteiger partial charge < -0.3 is 9.88 Å². The summed E-state index contributed by atoms with van der Waals surface area (Å²) in [4.78, 5) is 12.3. The van der Waals surface area contributed by atoms with Crippen LogP contribution in [0.1, 0.15) is 11.1 Å². The van der Waals surface area contributed by atoms with E-state index in [0.717, 1.165) is 27.7 Å². The van der Waals surface area contributed by atoms with E-state index in [4.69, 9.17) is 6.42 Å². The third kappa shape index (κ3) is 2.13. The van der Waals surface area contributed by atoms with E-state index in [9.17, 15) is 4.79 Å². The van der Waals surface area contributed by atoms with Gasteiger partial charge in [-0.2, -0.15) is 0 Å². The monoisotopic (exact) mass is 298 g/mol. The van der Waals surface area contributed by atoms with E-state index in [0.29, 0.717) is 12.1 Å². The van der Waals surface area contributed by atoms with Gasteiger partial charge in [-0.3, -0.25) is 4.79 Å². The second-order valence-corrected chi connectivity index (χ2v) is 5.49. The SMILES string of the molecule is C#CCn1cc(C=C2C(=O)Nc3ccccc32)c2ccccc21. The quantitative estimate of drug-likeness (QED) is 0.567. The Bertz CT molecular complexity index is 1000. The van der Waals surface area contributed by atoms with E-state index in [1.807, 2.05) is 65.4 Å². The van der Waals surface area contributed by atoms with Crippen molar-refractivity contribution in [3.05, 3.63) is 65.9 Å². The minimum Gasteiger partial charge on any atom is -0.335 e. The van der Waals surface area contributed by atoms with Crippen LogP contribution >= 0.6 is 0 Å². The maximum Gasteiger partial charge on any atom is 0.256 e. The smallest absolute Gasteiger partial charge is 0.256 e.